The highest BCUT2D eigenvalue weighted by molar-refractivity contribution is 5.96. The van der Waals surface area contributed by atoms with E-state index in [2.05, 4.69) is 10.3 Å². The number of rotatable bonds is 3. The summed E-state index contributed by atoms with van der Waals surface area (Å²) in [5, 5.41) is 4.32. The van der Waals surface area contributed by atoms with Gasteiger partial charge in [0.05, 0.1) is 11.9 Å². The highest BCUT2D eigenvalue weighted by atomic mass is 16.2. The minimum atomic E-state index is -0.119. The maximum absolute atomic E-state index is 12.9. The highest BCUT2D eigenvalue weighted by Gasteiger charge is 2.29. The molecule has 0 bridgehead atoms. The fourth-order valence-corrected chi connectivity index (χ4v) is 2.80. The number of hydrogen-bond acceptors (Lipinski definition) is 3. The van der Waals surface area contributed by atoms with E-state index < -0.39 is 0 Å². The van der Waals surface area contributed by atoms with Crippen molar-refractivity contribution in [1.82, 2.24) is 9.55 Å². The van der Waals surface area contributed by atoms with E-state index >= 15 is 0 Å². The lowest BCUT2D eigenvalue weighted by molar-refractivity contribution is -0.117. The predicted molar refractivity (Wildman–Crippen MR) is 93.4 cm³/mol. The number of fused-ring (bicyclic) bond motifs is 1. The summed E-state index contributed by atoms with van der Waals surface area (Å²) >= 11 is 0. The number of carbonyl (C=O) groups excluding carboxylic acids is 1. The van der Waals surface area contributed by atoms with E-state index in [-0.39, 0.29) is 17.4 Å². The fraction of sp³-hybridized carbons (Fsp3) is 0.211. The number of pyridine rings is 2. The van der Waals surface area contributed by atoms with Gasteiger partial charge in [0.25, 0.3) is 5.56 Å². The molecule has 1 aliphatic rings. The van der Waals surface area contributed by atoms with Crippen molar-refractivity contribution in [2.24, 2.45) is 5.92 Å². The summed E-state index contributed by atoms with van der Waals surface area (Å²) < 4.78 is 1.59. The van der Waals surface area contributed by atoms with Gasteiger partial charge in [-0.25, -0.2) is 0 Å². The zero-order chi connectivity index (χ0) is 16.7. The van der Waals surface area contributed by atoms with Crippen molar-refractivity contribution in [3.8, 4) is 5.69 Å². The average molecular weight is 319 g/mol. The van der Waals surface area contributed by atoms with Crippen LogP contribution in [0.4, 0.5) is 5.69 Å². The largest absolute Gasteiger partial charge is 0.326 e. The molecular formula is C19H17N3O2. The van der Waals surface area contributed by atoms with Crippen LogP contribution in [0.15, 0.2) is 53.7 Å². The Kier molecular flexibility index (Phi) is 3.41. The Bertz CT molecular complexity index is 1000. The van der Waals surface area contributed by atoms with E-state index in [9.17, 15) is 9.59 Å². The summed E-state index contributed by atoms with van der Waals surface area (Å²) in [5.41, 5.74) is 2.28. The molecule has 2 aromatic heterocycles. The molecule has 1 aromatic carbocycles. The van der Waals surface area contributed by atoms with E-state index in [1.54, 1.807) is 29.2 Å². The molecule has 1 amide bonds. The lowest BCUT2D eigenvalue weighted by Gasteiger charge is -2.10. The van der Waals surface area contributed by atoms with Gasteiger partial charge in [0.15, 0.2) is 0 Å². The Labute approximate surface area is 139 Å². The Morgan fingerprint density at radius 3 is 2.83 bits per heavy atom. The maximum atomic E-state index is 12.9. The summed E-state index contributed by atoms with van der Waals surface area (Å²) in [6, 6.07) is 9.22. The number of nitrogens with zero attached hydrogens (tertiary/aromatic N) is 2. The standard InChI is InChI=1S/C19H17N3O2/c1-12-6-8-20-11-17(12)22-9-7-13-4-5-15(10-16(13)19(22)24)21-18(23)14-2-3-14/h4-11,14H,2-3H2,1H3,(H,21,23). The molecular weight excluding hydrogens is 302 g/mol. The molecule has 0 saturated heterocycles. The quantitative estimate of drug-likeness (QED) is 0.807. The van der Waals surface area contributed by atoms with E-state index in [0.717, 1.165) is 29.5 Å². The van der Waals surface area contributed by atoms with Gasteiger partial charge in [-0.05, 0) is 55.0 Å². The topological polar surface area (TPSA) is 64.0 Å². The second-order valence-electron chi connectivity index (χ2n) is 6.22. The SMILES string of the molecule is Cc1ccncc1-n1ccc2ccc(NC(=O)C3CC3)cc2c1=O. The number of benzene rings is 1. The zero-order valence-electron chi connectivity index (χ0n) is 13.3. The molecule has 0 unspecified atom stereocenters. The van der Waals surface area contributed by atoms with Crippen LogP contribution in [0.5, 0.6) is 0 Å². The van der Waals surface area contributed by atoms with Crippen LogP contribution in [0.2, 0.25) is 0 Å². The van der Waals surface area contributed by atoms with Crippen LogP contribution in [0.3, 0.4) is 0 Å². The van der Waals surface area contributed by atoms with Crippen LogP contribution in [-0.2, 0) is 4.79 Å². The van der Waals surface area contributed by atoms with Crippen LogP contribution < -0.4 is 10.9 Å². The van der Waals surface area contributed by atoms with Gasteiger partial charge < -0.3 is 5.32 Å². The van der Waals surface area contributed by atoms with Crippen molar-refractivity contribution in [2.75, 3.05) is 5.32 Å². The minimum Gasteiger partial charge on any atom is -0.326 e. The molecule has 1 fully saturated rings. The van der Waals surface area contributed by atoms with Gasteiger partial charge in [0.1, 0.15) is 0 Å². The normalized spacial score (nSPS) is 13.9. The van der Waals surface area contributed by atoms with Crippen LogP contribution in [0.1, 0.15) is 18.4 Å². The second kappa shape index (κ2) is 5.60. The first-order valence-corrected chi connectivity index (χ1v) is 8.01. The molecule has 0 spiro atoms. The van der Waals surface area contributed by atoms with Crippen molar-refractivity contribution >= 4 is 22.4 Å². The maximum Gasteiger partial charge on any atom is 0.263 e. The van der Waals surface area contributed by atoms with Crippen molar-refractivity contribution in [3.63, 3.8) is 0 Å². The van der Waals surface area contributed by atoms with Crippen molar-refractivity contribution in [3.05, 3.63) is 64.8 Å². The first kappa shape index (κ1) is 14.6. The van der Waals surface area contributed by atoms with Crippen molar-refractivity contribution < 1.29 is 4.79 Å². The number of hydrogen-bond donors (Lipinski definition) is 1. The molecule has 4 rings (SSSR count). The summed E-state index contributed by atoms with van der Waals surface area (Å²) in [6.07, 6.45) is 7.05. The van der Waals surface area contributed by atoms with Crippen LogP contribution in [-0.4, -0.2) is 15.5 Å². The number of nitrogens with one attached hydrogen (secondary N) is 1. The monoisotopic (exact) mass is 319 g/mol. The molecule has 1 saturated carbocycles. The Morgan fingerprint density at radius 2 is 2.08 bits per heavy atom. The lowest BCUT2D eigenvalue weighted by Crippen LogP contribution is -2.19. The lowest BCUT2D eigenvalue weighted by atomic mass is 10.1. The Morgan fingerprint density at radius 1 is 1.25 bits per heavy atom. The molecule has 120 valence electrons. The van der Waals surface area contributed by atoms with Gasteiger partial charge in [-0.15, -0.1) is 0 Å². The van der Waals surface area contributed by atoms with E-state index in [0.29, 0.717) is 11.1 Å². The number of anilines is 1. The van der Waals surface area contributed by atoms with E-state index in [4.69, 9.17) is 0 Å². The first-order valence-electron chi connectivity index (χ1n) is 8.01. The van der Waals surface area contributed by atoms with E-state index in [1.165, 1.54) is 0 Å². The predicted octanol–water partition coefficient (Wildman–Crippen LogP) is 3.04. The molecule has 1 N–H and O–H groups in total. The molecule has 5 nitrogen and oxygen atoms in total. The van der Waals surface area contributed by atoms with Gasteiger partial charge in [0, 0.05) is 29.4 Å². The number of carbonyl (C=O) groups is 1. The number of aromatic nitrogens is 2. The molecule has 0 aliphatic heterocycles. The molecule has 5 heteroatoms. The molecule has 0 atom stereocenters. The smallest absolute Gasteiger partial charge is 0.263 e. The van der Waals surface area contributed by atoms with Crippen LogP contribution >= 0.6 is 0 Å². The summed E-state index contributed by atoms with van der Waals surface area (Å²) in [6.45, 7) is 1.94. The average Bonchev–Trinajstić information content (AvgIpc) is 3.42. The van der Waals surface area contributed by atoms with Gasteiger partial charge in [-0.1, -0.05) is 6.07 Å². The second-order valence-corrected chi connectivity index (χ2v) is 6.22. The molecule has 24 heavy (non-hydrogen) atoms. The van der Waals surface area contributed by atoms with Gasteiger partial charge in [-0.2, -0.15) is 0 Å². The van der Waals surface area contributed by atoms with Crippen LogP contribution in [0, 0.1) is 12.8 Å². The molecule has 0 radical (unpaired) electrons. The zero-order valence-corrected chi connectivity index (χ0v) is 13.3. The van der Waals surface area contributed by atoms with Gasteiger partial charge in [-0.3, -0.25) is 19.1 Å². The Hall–Kier alpha value is -2.95. The van der Waals surface area contributed by atoms with Crippen LogP contribution in [0.25, 0.3) is 16.5 Å². The fourth-order valence-electron chi connectivity index (χ4n) is 2.80. The van der Waals surface area contributed by atoms with Gasteiger partial charge in [0.2, 0.25) is 5.91 Å². The summed E-state index contributed by atoms with van der Waals surface area (Å²) in [7, 11) is 0. The number of aryl methyl sites for hydroxylation is 1. The highest BCUT2D eigenvalue weighted by Crippen LogP contribution is 2.30. The molecule has 2 heterocycles. The summed E-state index contributed by atoms with van der Waals surface area (Å²) in [4.78, 5) is 28.9. The molecule has 3 aromatic rings. The van der Waals surface area contributed by atoms with Crippen molar-refractivity contribution in [2.45, 2.75) is 19.8 Å². The molecule has 1 aliphatic carbocycles. The third kappa shape index (κ3) is 2.58. The van der Waals surface area contributed by atoms with Crippen molar-refractivity contribution in [1.29, 1.82) is 0 Å². The Balaban J connectivity index is 1.80. The third-order valence-corrected chi connectivity index (χ3v) is 4.39. The first-order chi connectivity index (χ1) is 11.6. The third-order valence-electron chi connectivity index (χ3n) is 4.39. The minimum absolute atomic E-state index is 0.0358. The number of amides is 1. The summed E-state index contributed by atoms with van der Waals surface area (Å²) in [5.74, 6) is 0.167. The van der Waals surface area contributed by atoms with Gasteiger partial charge >= 0.3 is 0 Å². The van der Waals surface area contributed by atoms with E-state index in [1.807, 2.05) is 31.2 Å².